The van der Waals surface area contributed by atoms with Gasteiger partial charge in [0.2, 0.25) is 0 Å². The van der Waals surface area contributed by atoms with Crippen molar-refractivity contribution < 1.29 is 18.3 Å². The summed E-state index contributed by atoms with van der Waals surface area (Å²) < 4.78 is 23.3. The van der Waals surface area contributed by atoms with E-state index in [4.69, 9.17) is 0 Å². The zero-order valence-corrected chi connectivity index (χ0v) is 15.5. The van der Waals surface area contributed by atoms with E-state index >= 15 is 0 Å². The summed E-state index contributed by atoms with van der Waals surface area (Å²) in [5.74, 6) is -0.887. The van der Waals surface area contributed by atoms with Crippen LogP contribution >= 0.6 is 0 Å². The number of benzene rings is 2. The molecule has 0 fully saturated rings. The first kappa shape index (κ1) is 18.1. The Bertz CT molecular complexity index is 1010. The van der Waals surface area contributed by atoms with Crippen molar-refractivity contribution in [2.45, 2.75) is 24.7 Å². The second-order valence-electron chi connectivity index (χ2n) is 6.31. The van der Waals surface area contributed by atoms with Crippen LogP contribution in [0.15, 0.2) is 70.6 Å². The lowest BCUT2D eigenvalue weighted by Gasteiger charge is -2.30. The molecule has 0 unspecified atom stereocenters. The van der Waals surface area contributed by atoms with Crippen molar-refractivity contribution in [3.63, 3.8) is 0 Å². The second kappa shape index (κ2) is 6.92. The van der Waals surface area contributed by atoms with Gasteiger partial charge in [0.1, 0.15) is 0 Å². The molecule has 134 valence electrons. The Balaban J connectivity index is 2.16. The van der Waals surface area contributed by atoms with Crippen LogP contribution in [0.5, 0.6) is 0 Å². The first-order chi connectivity index (χ1) is 12.3. The Kier molecular flexibility index (Phi) is 4.83. The SMILES string of the molecule is CC/C(C(=O)O)=C1/CC(c2ccc(S(C)(=O)=O)cc2)=C1c1ccccc1. The van der Waals surface area contributed by atoms with Gasteiger partial charge in [-0.05, 0) is 52.8 Å². The maximum atomic E-state index is 11.7. The highest BCUT2D eigenvalue weighted by Crippen LogP contribution is 2.48. The van der Waals surface area contributed by atoms with Crippen molar-refractivity contribution >= 4 is 27.0 Å². The number of carbonyl (C=O) groups is 1. The van der Waals surface area contributed by atoms with Crippen LogP contribution in [0.1, 0.15) is 30.9 Å². The summed E-state index contributed by atoms with van der Waals surface area (Å²) in [7, 11) is -3.24. The largest absolute Gasteiger partial charge is 0.478 e. The molecule has 1 N–H and O–H groups in total. The van der Waals surface area contributed by atoms with Gasteiger partial charge in [-0.25, -0.2) is 13.2 Å². The summed E-state index contributed by atoms with van der Waals surface area (Å²) in [5, 5.41) is 9.51. The molecule has 0 amide bonds. The third-order valence-electron chi connectivity index (χ3n) is 4.63. The predicted molar refractivity (Wildman–Crippen MR) is 102 cm³/mol. The summed E-state index contributed by atoms with van der Waals surface area (Å²) in [6.07, 6.45) is 2.21. The summed E-state index contributed by atoms with van der Waals surface area (Å²) in [6.45, 7) is 1.85. The van der Waals surface area contributed by atoms with Crippen molar-refractivity contribution in [2.24, 2.45) is 0 Å². The van der Waals surface area contributed by atoms with E-state index in [1.165, 1.54) is 6.26 Å². The molecular weight excluding hydrogens is 348 g/mol. The maximum absolute atomic E-state index is 11.7. The minimum Gasteiger partial charge on any atom is -0.478 e. The van der Waals surface area contributed by atoms with Crippen molar-refractivity contribution in [1.82, 2.24) is 0 Å². The smallest absolute Gasteiger partial charge is 0.331 e. The molecule has 1 aliphatic rings. The molecule has 0 saturated heterocycles. The number of sulfone groups is 1. The number of rotatable bonds is 5. The minimum absolute atomic E-state index is 0.276. The van der Waals surface area contributed by atoms with Crippen LogP contribution in [0.25, 0.3) is 11.1 Å². The maximum Gasteiger partial charge on any atom is 0.331 e. The molecule has 2 aromatic carbocycles. The molecule has 0 aromatic heterocycles. The molecule has 0 saturated carbocycles. The van der Waals surface area contributed by atoms with E-state index in [1.54, 1.807) is 24.3 Å². The number of carboxylic acid groups (broad SMARTS) is 1. The number of carboxylic acids is 1. The molecule has 0 heterocycles. The van der Waals surface area contributed by atoms with Gasteiger partial charge in [-0.1, -0.05) is 49.4 Å². The van der Waals surface area contributed by atoms with Crippen molar-refractivity contribution in [1.29, 1.82) is 0 Å². The van der Waals surface area contributed by atoms with Gasteiger partial charge >= 0.3 is 5.97 Å². The molecule has 5 heteroatoms. The van der Waals surface area contributed by atoms with Crippen LogP contribution in [0, 0.1) is 0 Å². The van der Waals surface area contributed by atoms with Crippen LogP contribution in [-0.2, 0) is 14.6 Å². The van der Waals surface area contributed by atoms with Gasteiger partial charge in [-0.15, -0.1) is 0 Å². The van der Waals surface area contributed by atoms with E-state index in [0.29, 0.717) is 18.4 Å². The molecule has 2 aromatic rings. The molecule has 1 aliphatic carbocycles. The molecule has 0 bridgehead atoms. The van der Waals surface area contributed by atoms with Crippen LogP contribution in [-0.4, -0.2) is 25.7 Å². The standard InChI is InChI=1S/C21H20O4S/c1-3-17(21(22)23)19-13-18(20(19)15-7-5-4-6-8-15)14-9-11-16(12-10-14)26(2,24)25/h4-12H,3,13H2,1-2H3,(H,22,23)/b19-17+. The summed E-state index contributed by atoms with van der Waals surface area (Å²) in [4.78, 5) is 11.9. The second-order valence-corrected chi connectivity index (χ2v) is 8.32. The fourth-order valence-corrected chi connectivity index (χ4v) is 3.91. The Morgan fingerprint density at radius 3 is 2.12 bits per heavy atom. The Labute approximate surface area is 153 Å². The summed E-state index contributed by atoms with van der Waals surface area (Å²) >= 11 is 0. The molecule has 0 aliphatic heterocycles. The molecule has 0 spiro atoms. The van der Waals surface area contributed by atoms with E-state index in [1.807, 2.05) is 37.3 Å². The van der Waals surface area contributed by atoms with Crippen molar-refractivity contribution in [2.75, 3.05) is 6.26 Å². The molecule has 4 nitrogen and oxygen atoms in total. The van der Waals surface area contributed by atoms with Crippen molar-refractivity contribution in [3.05, 3.63) is 76.9 Å². The lowest BCUT2D eigenvalue weighted by atomic mass is 9.73. The lowest BCUT2D eigenvalue weighted by molar-refractivity contribution is -0.132. The third kappa shape index (κ3) is 3.35. The van der Waals surface area contributed by atoms with Gasteiger partial charge in [0.15, 0.2) is 9.84 Å². The van der Waals surface area contributed by atoms with Gasteiger partial charge in [-0.2, -0.15) is 0 Å². The fraction of sp³-hybridized carbons (Fsp3) is 0.190. The van der Waals surface area contributed by atoms with E-state index in [0.717, 1.165) is 27.8 Å². The molecule has 26 heavy (non-hydrogen) atoms. The topological polar surface area (TPSA) is 71.4 Å². The number of hydrogen-bond acceptors (Lipinski definition) is 3. The van der Waals surface area contributed by atoms with E-state index in [-0.39, 0.29) is 4.90 Å². The quantitative estimate of drug-likeness (QED) is 0.803. The highest BCUT2D eigenvalue weighted by molar-refractivity contribution is 7.90. The molecule has 0 atom stereocenters. The third-order valence-corrected chi connectivity index (χ3v) is 5.75. The number of allylic oxidation sites excluding steroid dienone is 3. The molecular formula is C21H20O4S. The summed E-state index contributed by atoms with van der Waals surface area (Å²) in [5.41, 5.74) is 5.16. The Morgan fingerprint density at radius 2 is 1.62 bits per heavy atom. The Morgan fingerprint density at radius 1 is 1.00 bits per heavy atom. The van der Waals surface area contributed by atoms with Crippen LogP contribution in [0.2, 0.25) is 0 Å². The monoisotopic (exact) mass is 368 g/mol. The average Bonchev–Trinajstić information content (AvgIpc) is 2.58. The Hall–Kier alpha value is -2.66. The highest BCUT2D eigenvalue weighted by atomic mass is 32.2. The van der Waals surface area contributed by atoms with Gasteiger partial charge in [0.05, 0.1) is 4.90 Å². The van der Waals surface area contributed by atoms with Crippen LogP contribution in [0.3, 0.4) is 0 Å². The van der Waals surface area contributed by atoms with E-state index < -0.39 is 15.8 Å². The van der Waals surface area contributed by atoms with Gasteiger partial charge < -0.3 is 5.11 Å². The van der Waals surface area contributed by atoms with E-state index in [9.17, 15) is 18.3 Å². The lowest BCUT2D eigenvalue weighted by Crippen LogP contribution is -2.14. The zero-order chi connectivity index (χ0) is 18.9. The normalized spacial score (nSPS) is 16.2. The number of hydrogen-bond donors (Lipinski definition) is 1. The average molecular weight is 368 g/mol. The van der Waals surface area contributed by atoms with Gasteiger partial charge in [0.25, 0.3) is 0 Å². The first-order valence-corrected chi connectivity index (χ1v) is 10.3. The number of aliphatic carboxylic acids is 1. The summed E-state index contributed by atoms with van der Waals surface area (Å²) in [6, 6.07) is 16.5. The van der Waals surface area contributed by atoms with Crippen LogP contribution < -0.4 is 0 Å². The van der Waals surface area contributed by atoms with Gasteiger partial charge in [-0.3, -0.25) is 0 Å². The van der Waals surface area contributed by atoms with Crippen molar-refractivity contribution in [3.8, 4) is 0 Å². The van der Waals surface area contributed by atoms with E-state index in [2.05, 4.69) is 0 Å². The van der Waals surface area contributed by atoms with Gasteiger partial charge in [0, 0.05) is 11.8 Å². The fourth-order valence-electron chi connectivity index (χ4n) is 3.28. The minimum atomic E-state index is -3.24. The van der Waals surface area contributed by atoms with Crippen LogP contribution in [0.4, 0.5) is 0 Å². The predicted octanol–water partition coefficient (Wildman–Crippen LogP) is 4.20. The zero-order valence-electron chi connectivity index (χ0n) is 14.7. The molecule has 3 rings (SSSR count). The molecule has 0 radical (unpaired) electrons. The highest BCUT2D eigenvalue weighted by Gasteiger charge is 2.30. The first-order valence-electron chi connectivity index (χ1n) is 8.37.